The maximum absolute atomic E-state index is 12.3. The topological polar surface area (TPSA) is 149 Å². The van der Waals surface area contributed by atoms with E-state index in [0.29, 0.717) is 71.6 Å². The Morgan fingerprint density at radius 2 is 0.476 bits per heavy atom. The van der Waals surface area contributed by atoms with Crippen LogP contribution in [-0.4, -0.2) is 44.3 Å². The number of benzene rings is 6. The summed E-state index contributed by atoms with van der Waals surface area (Å²) in [5, 5.41) is 40.0. The van der Waals surface area contributed by atoms with E-state index >= 15 is 0 Å². The molecule has 0 heterocycles. The molecule has 6 aromatic carbocycles. The lowest BCUT2D eigenvalue weighted by atomic mass is 9.89. The van der Waals surface area contributed by atoms with Crippen LogP contribution in [0.4, 0.5) is 0 Å². The Morgan fingerprint density at radius 3 is 0.667 bits per heavy atom. The molecule has 0 fully saturated rings. The second kappa shape index (κ2) is 36.1. The highest BCUT2D eigenvalue weighted by Gasteiger charge is 2.22. The van der Waals surface area contributed by atoms with Crippen molar-refractivity contribution in [2.24, 2.45) is 23.7 Å². The van der Waals surface area contributed by atoms with Crippen molar-refractivity contribution in [3.63, 3.8) is 0 Å². The van der Waals surface area contributed by atoms with Crippen LogP contribution in [0.3, 0.4) is 0 Å². The van der Waals surface area contributed by atoms with Crippen LogP contribution in [-0.2, 0) is 51.4 Å². The summed E-state index contributed by atoms with van der Waals surface area (Å²) in [6, 6.07) is 40.0. The van der Waals surface area contributed by atoms with Gasteiger partial charge in [-0.05, 0) is 160 Å². The van der Waals surface area contributed by atoms with Gasteiger partial charge in [-0.25, -0.2) is 19.2 Å². The highest BCUT2D eigenvalue weighted by atomic mass is 16.4. The van der Waals surface area contributed by atoms with E-state index in [-0.39, 0.29) is 22.3 Å². The molecule has 4 unspecified atom stereocenters. The molecule has 4 atom stereocenters. The smallest absolute Gasteiger partial charge is 0.336 e. The van der Waals surface area contributed by atoms with Gasteiger partial charge in [-0.15, -0.1) is 0 Å². The first-order valence-corrected chi connectivity index (χ1v) is 32.1. The monoisotopic (exact) mass is 1140 g/mol. The SMILES string of the molecule is CCCCC(CC)Cc1ccc(Cc2cc(C(=O)O)c(Cc3ccc(CC(CC)CCCC)cc3)cc2C(=O)O)cc1.CCCCC(CC)Cc1ccc(Cc2cc(Cc3ccc(CC(CC)CCCC)cc3)c(C(=O)O)cc2C(=O)O)cc1. The van der Waals surface area contributed by atoms with Gasteiger partial charge in [0.15, 0.2) is 0 Å². The second-order valence-electron chi connectivity index (χ2n) is 24.0. The zero-order chi connectivity index (χ0) is 61.0. The summed E-state index contributed by atoms with van der Waals surface area (Å²) in [5.74, 6) is -1.55. The highest BCUT2D eigenvalue weighted by Crippen LogP contribution is 2.29. The lowest BCUT2D eigenvalue weighted by Gasteiger charge is -2.16. The zero-order valence-corrected chi connectivity index (χ0v) is 52.2. The molecule has 0 saturated heterocycles. The first-order valence-electron chi connectivity index (χ1n) is 32.1. The van der Waals surface area contributed by atoms with Crippen LogP contribution in [0.25, 0.3) is 0 Å². The minimum absolute atomic E-state index is 0.0545. The lowest BCUT2D eigenvalue weighted by Crippen LogP contribution is -2.11. The number of carboxylic acid groups (broad SMARTS) is 4. The van der Waals surface area contributed by atoms with Gasteiger partial charge in [0.05, 0.1) is 22.3 Å². The molecule has 8 heteroatoms. The normalized spacial score (nSPS) is 12.7. The van der Waals surface area contributed by atoms with Crippen molar-refractivity contribution in [1.29, 1.82) is 0 Å². The van der Waals surface area contributed by atoms with Crippen LogP contribution < -0.4 is 0 Å². The summed E-state index contributed by atoms with van der Waals surface area (Å²) in [5.41, 5.74) is 12.0. The molecule has 4 N–H and O–H groups in total. The molecule has 0 amide bonds. The Kier molecular flexibility index (Phi) is 29.2. The Bertz CT molecular complexity index is 2750. The van der Waals surface area contributed by atoms with E-state index in [9.17, 15) is 39.6 Å². The molecule has 0 aliphatic carbocycles. The molecule has 6 aromatic rings. The summed E-state index contributed by atoms with van der Waals surface area (Å²) in [6.45, 7) is 17.9. The van der Waals surface area contributed by atoms with Gasteiger partial charge in [-0.3, -0.25) is 0 Å². The standard InChI is InChI=1S/2C38H50O4/c1-5-9-11-27(7-3)21-29-13-17-31(18-14-29)23-33-25-36(38(41)42)34(26-35(33)37(39)40)24-32-19-15-30(16-20-32)22-28(8-4)12-10-6-2;1-5-9-11-27(7-3)21-29-13-17-31(18-14-29)23-33-25-34(36(38(41)42)26-35(33)37(39)40)24-32-19-15-30(16-20-32)22-28(8-4)12-10-6-2/h2*13-20,25-28H,5-12,21-24H2,1-4H3,(H,39,40)(H,41,42). The first kappa shape index (κ1) is 68.0. The molecule has 0 aromatic heterocycles. The van der Waals surface area contributed by atoms with Gasteiger partial charge < -0.3 is 20.4 Å². The summed E-state index contributed by atoms with van der Waals surface area (Å²) in [6.07, 6.45) is 25.4. The summed E-state index contributed by atoms with van der Waals surface area (Å²) < 4.78 is 0. The van der Waals surface area contributed by atoms with E-state index < -0.39 is 23.9 Å². The van der Waals surface area contributed by atoms with Gasteiger partial charge >= 0.3 is 23.9 Å². The van der Waals surface area contributed by atoms with Crippen LogP contribution in [0.1, 0.15) is 266 Å². The fourth-order valence-electron chi connectivity index (χ4n) is 11.9. The fraction of sp³-hybridized carbons (Fsp3) is 0.474. The van der Waals surface area contributed by atoms with Crippen LogP contribution in [0.5, 0.6) is 0 Å². The number of hydrogen-bond donors (Lipinski definition) is 4. The third-order valence-corrected chi connectivity index (χ3v) is 17.5. The van der Waals surface area contributed by atoms with Gasteiger partial charge in [0.1, 0.15) is 0 Å². The van der Waals surface area contributed by atoms with Gasteiger partial charge in [-0.2, -0.15) is 0 Å². The molecule has 452 valence electrons. The van der Waals surface area contributed by atoms with Crippen molar-refractivity contribution in [3.05, 3.63) is 210 Å². The second-order valence-corrected chi connectivity index (χ2v) is 24.0. The Hall–Kier alpha value is -6.80. The number of carboxylic acids is 4. The molecule has 84 heavy (non-hydrogen) atoms. The Labute approximate surface area is 504 Å². The van der Waals surface area contributed by atoms with Crippen molar-refractivity contribution >= 4 is 23.9 Å². The minimum Gasteiger partial charge on any atom is -0.478 e. The predicted molar refractivity (Wildman–Crippen MR) is 346 cm³/mol. The van der Waals surface area contributed by atoms with E-state index in [1.807, 2.05) is 0 Å². The van der Waals surface area contributed by atoms with Gasteiger partial charge in [0, 0.05) is 0 Å². The molecule has 0 aliphatic heterocycles. The van der Waals surface area contributed by atoms with Crippen LogP contribution in [0, 0.1) is 23.7 Å². The average Bonchev–Trinajstić information content (AvgIpc) is 3.64. The number of aromatic carboxylic acids is 4. The van der Waals surface area contributed by atoms with E-state index in [0.717, 1.165) is 60.8 Å². The van der Waals surface area contributed by atoms with Gasteiger partial charge in [0.25, 0.3) is 0 Å². The maximum atomic E-state index is 12.3. The van der Waals surface area contributed by atoms with E-state index in [1.54, 1.807) is 18.2 Å². The maximum Gasteiger partial charge on any atom is 0.336 e. The molecule has 0 radical (unpaired) electrons. The molecule has 0 aliphatic rings. The van der Waals surface area contributed by atoms with Crippen LogP contribution >= 0.6 is 0 Å². The van der Waals surface area contributed by atoms with Crippen LogP contribution in [0.2, 0.25) is 0 Å². The number of rotatable bonds is 36. The summed E-state index contributed by atoms with van der Waals surface area (Å²) >= 11 is 0. The highest BCUT2D eigenvalue weighted by molar-refractivity contribution is 5.96. The van der Waals surface area contributed by atoms with Crippen molar-refractivity contribution < 1.29 is 39.6 Å². The number of unbranched alkanes of at least 4 members (excludes halogenated alkanes) is 4. The molecular formula is C76H100O8. The molecule has 0 bridgehead atoms. The average molecular weight is 1140 g/mol. The predicted octanol–water partition coefficient (Wildman–Crippen LogP) is 19.6. The third-order valence-electron chi connectivity index (χ3n) is 17.5. The van der Waals surface area contributed by atoms with E-state index in [1.165, 1.54) is 118 Å². The summed E-state index contributed by atoms with van der Waals surface area (Å²) in [4.78, 5) is 48.9. The largest absolute Gasteiger partial charge is 0.478 e. The van der Waals surface area contributed by atoms with Crippen molar-refractivity contribution in [2.45, 2.75) is 209 Å². The number of carbonyl (C=O) groups is 4. The molecule has 0 spiro atoms. The van der Waals surface area contributed by atoms with Gasteiger partial charge in [-0.1, -0.05) is 261 Å². The zero-order valence-electron chi connectivity index (χ0n) is 52.2. The Morgan fingerprint density at radius 1 is 0.286 bits per heavy atom. The fourth-order valence-corrected chi connectivity index (χ4v) is 11.9. The van der Waals surface area contributed by atoms with E-state index in [4.69, 9.17) is 0 Å². The molecule has 6 rings (SSSR count). The minimum atomic E-state index is -1.10. The number of hydrogen-bond acceptors (Lipinski definition) is 4. The molecule has 0 saturated carbocycles. The molecule has 8 nitrogen and oxygen atoms in total. The molecular weight excluding hydrogens is 1040 g/mol. The Balaban J connectivity index is 0.000000307. The van der Waals surface area contributed by atoms with Crippen LogP contribution in [0.15, 0.2) is 121 Å². The lowest BCUT2D eigenvalue weighted by molar-refractivity contribution is 0.0679. The van der Waals surface area contributed by atoms with Crippen molar-refractivity contribution in [1.82, 2.24) is 0 Å². The summed E-state index contributed by atoms with van der Waals surface area (Å²) in [7, 11) is 0. The van der Waals surface area contributed by atoms with Gasteiger partial charge in [0.2, 0.25) is 0 Å². The first-order chi connectivity index (χ1) is 40.5. The van der Waals surface area contributed by atoms with Crippen molar-refractivity contribution in [3.8, 4) is 0 Å². The third kappa shape index (κ3) is 22.0. The van der Waals surface area contributed by atoms with E-state index in [2.05, 4.69) is 152 Å². The quantitative estimate of drug-likeness (QED) is 0.0304. The van der Waals surface area contributed by atoms with Crippen molar-refractivity contribution in [2.75, 3.05) is 0 Å².